The van der Waals surface area contributed by atoms with Crippen molar-refractivity contribution in [1.29, 1.82) is 0 Å². The van der Waals surface area contributed by atoms with Crippen LogP contribution in [0.3, 0.4) is 0 Å². The van der Waals surface area contributed by atoms with E-state index in [4.69, 9.17) is 14.2 Å². The highest BCUT2D eigenvalue weighted by molar-refractivity contribution is 6.11. The van der Waals surface area contributed by atoms with Crippen molar-refractivity contribution in [2.75, 3.05) is 34.4 Å². The average molecular weight is 411 g/mol. The summed E-state index contributed by atoms with van der Waals surface area (Å²) in [5, 5.41) is 11.0. The number of ether oxygens (including phenoxy) is 3. The molecule has 1 aliphatic rings. The number of benzene rings is 2. The maximum Gasteiger partial charge on any atom is 0.193 e. The Morgan fingerprint density at radius 3 is 2.27 bits per heavy atom. The summed E-state index contributed by atoms with van der Waals surface area (Å²) in [4.78, 5) is 15.3. The molecule has 30 heavy (non-hydrogen) atoms. The highest BCUT2D eigenvalue weighted by Gasteiger charge is 2.24. The fraction of sp³-hybridized carbons (Fsp3) is 0.375. The number of phenolic OH excluding ortho intramolecular Hbond substituents is 1. The van der Waals surface area contributed by atoms with Gasteiger partial charge in [0.1, 0.15) is 28.6 Å². The Morgan fingerprint density at radius 2 is 1.67 bits per heavy atom. The molecule has 160 valence electrons. The molecule has 1 fully saturated rings. The Morgan fingerprint density at radius 1 is 1.00 bits per heavy atom. The number of carbonyl (C=O) groups excluding carboxylic acids is 1. The molecular weight excluding hydrogens is 382 g/mol. The molecule has 0 spiro atoms. The van der Waals surface area contributed by atoms with Crippen molar-refractivity contribution in [3.05, 3.63) is 53.1 Å². The first-order valence-electron chi connectivity index (χ1n) is 10.1. The topological polar surface area (TPSA) is 68.2 Å². The van der Waals surface area contributed by atoms with Crippen LogP contribution in [0.5, 0.6) is 23.0 Å². The number of hydrogen-bond donors (Lipinski definition) is 1. The number of nitrogens with zero attached hydrogens (tertiary/aromatic N) is 1. The van der Waals surface area contributed by atoms with E-state index in [0.29, 0.717) is 17.9 Å². The fourth-order valence-corrected chi connectivity index (χ4v) is 3.71. The van der Waals surface area contributed by atoms with Gasteiger partial charge in [0.25, 0.3) is 0 Å². The second kappa shape index (κ2) is 10.2. The van der Waals surface area contributed by atoms with E-state index in [1.54, 1.807) is 26.4 Å². The van der Waals surface area contributed by atoms with Gasteiger partial charge in [0.05, 0.1) is 26.9 Å². The SMILES string of the molecule is COc1ccc(C=CC(=O)c2c(OC)cc(OC)c(CN3CCCCC3)c2O)cc1. The third-order valence-electron chi connectivity index (χ3n) is 5.39. The Kier molecular flexibility index (Phi) is 7.36. The van der Waals surface area contributed by atoms with Gasteiger partial charge in [-0.15, -0.1) is 0 Å². The first kappa shape index (κ1) is 21.7. The summed E-state index contributed by atoms with van der Waals surface area (Å²) in [6, 6.07) is 9.04. The number of methoxy groups -OCH3 is 3. The Hall–Kier alpha value is -2.99. The number of hydrogen-bond acceptors (Lipinski definition) is 6. The van der Waals surface area contributed by atoms with Crippen LogP contribution in [0.2, 0.25) is 0 Å². The second-order valence-corrected chi connectivity index (χ2v) is 7.29. The van der Waals surface area contributed by atoms with Crippen molar-refractivity contribution in [2.45, 2.75) is 25.8 Å². The number of piperidine rings is 1. The van der Waals surface area contributed by atoms with Gasteiger partial charge in [-0.1, -0.05) is 24.6 Å². The van der Waals surface area contributed by atoms with Crippen LogP contribution in [-0.2, 0) is 6.54 Å². The van der Waals surface area contributed by atoms with Gasteiger partial charge in [0, 0.05) is 12.6 Å². The number of allylic oxidation sites excluding steroid dienone is 1. The zero-order valence-electron chi connectivity index (χ0n) is 17.8. The van der Waals surface area contributed by atoms with E-state index in [-0.39, 0.29) is 22.8 Å². The molecule has 0 saturated carbocycles. The predicted octanol–water partition coefficient (Wildman–Crippen LogP) is 4.30. The highest BCUT2D eigenvalue weighted by Crippen LogP contribution is 2.40. The van der Waals surface area contributed by atoms with Gasteiger partial charge < -0.3 is 19.3 Å². The Balaban J connectivity index is 1.91. The number of likely N-dealkylation sites (tertiary alicyclic amines) is 1. The molecule has 1 aliphatic heterocycles. The smallest absolute Gasteiger partial charge is 0.193 e. The average Bonchev–Trinajstić information content (AvgIpc) is 2.79. The van der Waals surface area contributed by atoms with Crippen LogP contribution >= 0.6 is 0 Å². The zero-order chi connectivity index (χ0) is 21.5. The molecular formula is C24H29NO5. The predicted molar refractivity (Wildman–Crippen MR) is 117 cm³/mol. The molecule has 6 heteroatoms. The molecule has 2 aromatic carbocycles. The molecule has 0 atom stereocenters. The van der Waals surface area contributed by atoms with Crippen LogP contribution in [0.4, 0.5) is 0 Å². The molecule has 1 saturated heterocycles. The van der Waals surface area contributed by atoms with E-state index in [0.717, 1.165) is 37.2 Å². The van der Waals surface area contributed by atoms with Crippen LogP contribution in [0.15, 0.2) is 36.4 Å². The molecule has 2 aromatic rings. The molecule has 0 bridgehead atoms. The minimum absolute atomic E-state index is 0.0823. The lowest BCUT2D eigenvalue weighted by Gasteiger charge is -2.28. The number of carbonyl (C=O) groups is 1. The quantitative estimate of drug-likeness (QED) is 0.516. The molecule has 3 rings (SSSR count). The van der Waals surface area contributed by atoms with Gasteiger partial charge >= 0.3 is 0 Å². The molecule has 1 heterocycles. The van der Waals surface area contributed by atoms with E-state index < -0.39 is 0 Å². The summed E-state index contributed by atoms with van der Waals surface area (Å²) in [7, 11) is 4.63. The minimum Gasteiger partial charge on any atom is -0.507 e. The van der Waals surface area contributed by atoms with E-state index in [1.165, 1.54) is 19.6 Å². The van der Waals surface area contributed by atoms with Crippen LogP contribution in [0.25, 0.3) is 6.08 Å². The standard InChI is InChI=1S/C24H29NO5/c1-28-18-10-7-17(8-11-18)9-12-20(26)23-22(30-3)15-21(29-2)19(24(23)27)16-25-13-5-4-6-14-25/h7-12,15,27H,4-6,13-14,16H2,1-3H3. The third kappa shape index (κ3) is 4.94. The van der Waals surface area contributed by atoms with Gasteiger partial charge in [0.15, 0.2) is 5.78 Å². The number of aromatic hydroxyl groups is 1. The van der Waals surface area contributed by atoms with Crippen molar-refractivity contribution >= 4 is 11.9 Å². The van der Waals surface area contributed by atoms with E-state index in [9.17, 15) is 9.90 Å². The second-order valence-electron chi connectivity index (χ2n) is 7.29. The van der Waals surface area contributed by atoms with Gasteiger partial charge in [-0.3, -0.25) is 9.69 Å². The van der Waals surface area contributed by atoms with Crippen LogP contribution < -0.4 is 14.2 Å². The molecule has 1 N–H and O–H groups in total. The number of ketones is 1. The lowest BCUT2D eigenvalue weighted by Crippen LogP contribution is -2.29. The van der Waals surface area contributed by atoms with Gasteiger partial charge in [-0.25, -0.2) is 0 Å². The Bertz CT molecular complexity index is 899. The Labute approximate surface area is 177 Å². The largest absolute Gasteiger partial charge is 0.507 e. The molecule has 6 nitrogen and oxygen atoms in total. The first-order chi connectivity index (χ1) is 14.6. The summed E-state index contributed by atoms with van der Waals surface area (Å²) in [6.45, 7) is 2.46. The molecule has 0 amide bonds. The molecule has 0 radical (unpaired) electrons. The number of rotatable bonds is 8. The van der Waals surface area contributed by atoms with Crippen molar-refractivity contribution in [3.8, 4) is 23.0 Å². The lowest BCUT2D eigenvalue weighted by molar-refractivity contribution is 0.104. The summed E-state index contributed by atoms with van der Waals surface area (Å²) in [6.07, 6.45) is 6.64. The van der Waals surface area contributed by atoms with Crippen LogP contribution in [0.1, 0.15) is 40.7 Å². The van der Waals surface area contributed by atoms with E-state index in [1.807, 2.05) is 24.3 Å². The summed E-state index contributed by atoms with van der Waals surface area (Å²) >= 11 is 0. The molecule has 0 aromatic heterocycles. The molecule has 0 aliphatic carbocycles. The van der Waals surface area contributed by atoms with Crippen LogP contribution in [0, 0.1) is 0 Å². The maximum atomic E-state index is 13.0. The minimum atomic E-state index is -0.331. The van der Waals surface area contributed by atoms with Crippen LogP contribution in [-0.4, -0.2) is 50.2 Å². The van der Waals surface area contributed by atoms with Crippen molar-refractivity contribution in [1.82, 2.24) is 4.90 Å². The van der Waals surface area contributed by atoms with Crippen molar-refractivity contribution < 1.29 is 24.1 Å². The monoisotopic (exact) mass is 411 g/mol. The normalized spacial score (nSPS) is 14.6. The van der Waals surface area contributed by atoms with Gasteiger partial charge in [-0.2, -0.15) is 0 Å². The number of phenols is 1. The lowest BCUT2D eigenvalue weighted by atomic mass is 10.0. The van der Waals surface area contributed by atoms with Crippen molar-refractivity contribution in [3.63, 3.8) is 0 Å². The maximum absolute atomic E-state index is 13.0. The molecule has 0 unspecified atom stereocenters. The van der Waals surface area contributed by atoms with E-state index >= 15 is 0 Å². The first-order valence-corrected chi connectivity index (χ1v) is 10.1. The van der Waals surface area contributed by atoms with Crippen molar-refractivity contribution in [2.24, 2.45) is 0 Å². The van der Waals surface area contributed by atoms with Gasteiger partial charge in [-0.05, 0) is 49.7 Å². The highest BCUT2D eigenvalue weighted by atomic mass is 16.5. The third-order valence-corrected chi connectivity index (χ3v) is 5.39. The summed E-state index contributed by atoms with van der Waals surface area (Å²) in [5.74, 6) is 1.14. The summed E-state index contributed by atoms with van der Waals surface area (Å²) in [5.41, 5.74) is 1.61. The zero-order valence-corrected chi connectivity index (χ0v) is 17.8. The fourth-order valence-electron chi connectivity index (χ4n) is 3.71. The summed E-state index contributed by atoms with van der Waals surface area (Å²) < 4.78 is 16.0. The van der Waals surface area contributed by atoms with Gasteiger partial charge in [0.2, 0.25) is 0 Å². The van der Waals surface area contributed by atoms with E-state index in [2.05, 4.69) is 4.90 Å².